The third-order valence-corrected chi connectivity index (χ3v) is 4.50. The fourth-order valence-corrected chi connectivity index (χ4v) is 3.02. The zero-order valence-electron chi connectivity index (χ0n) is 15.9. The molecule has 0 aliphatic carbocycles. The Balaban J connectivity index is 1.89. The molecule has 3 aromatic heterocycles. The van der Waals surface area contributed by atoms with E-state index in [4.69, 9.17) is 20.2 Å². The summed E-state index contributed by atoms with van der Waals surface area (Å²) < 4.78 is 10.7. The average molecular weight is 389 g/mol. The Morgan fingerprint density at radius 1 is 0.931 bits per heavy atom. The smallest absolute Gasteiger partial charge is 0.165 e. The largest absolute Gasteiger partial charge is 0.504 e. The van der Waals surface area contributed by atoms with Crippen molar-refractivity contribution in [3.8, 4) is 51.2 Å². The van der Waals surface area contributed by atoms with Crippen LogP contribution in [0.2, 0.25) is 0 Å². The number of aromatic amines is 1. The second-order valence-corrected chi connectivity index (χ2v) is 6.24. The van der Waals surface area contributed by atoms with Crippen LogP contribution in [0.3, 0.4) is 0 Å². The molecule has 4 N–H and O–H groups in total. The number of nitrogen functional groups attached to an aromatic ring is 1. The van der Waals surface area contributed by atoms with Crippen LogP contribution >= 0.6 is 0 Å². The molecule has 0 saturated heterocycles. The van der Waals surface area contributed by atoms with E-state index in [0.29, 0.717) is 28.6 Å². The van der Waals surface area contributed by atoms with E-state index in [1.165, 1.54) is 0 Å². The second-order valence-electron chi connectivity index (χ2n) is 6.24. The highest BCUT2D eigenvalue weighted by molar-refractivity contribution is 5.82. The lowest BCUT2D eigenvalue weighted by Crippen LogP contribution is -1.92. The molecule has 8 nitrogen and oxygen atoms in total. The van der Waals surface area contributed by atoms with Gasteiger partial charge in [0.2, 0.25) is 0 Å². The number of rotatable bonds is 5. The van der Waals surface area contributed by atoms with Crippen LogP contribution in [-0.4, -0.2) is 39.3 Å². The third kappa shape index (κ3) is 3.43. The van der Waals surface area contributed by atoms with Crippen molar-refractivity contribution in [1.29, 1.82) is 0 Å². The molecule has 0 radical (unpaired) electrons. The number of aromatic hydroxyl groups is 1. The van der Waals surface area contributed by atoms with Crippen LogP contribution in [0.4, 0.5) is 5.82 Å². The summed E-state index contributed by atoms with van der Waals surface area (Å²) in [4.78, 5) is 16.2. The lowest BCUT2D eigenvalue weighted by Gasteiger charge is -2.08. The lowest BCUT2D eigenvalue weighted by molar-refractivity contribution is 0.355. The number of hydrogen-bond acceptors (Lipinski definition) is 7. The van der Waals surface area contributed by atoms with Crippen molar-refractivity contribution in [2.24, 2.45) is 0 Å². The Labute approximate surface area is 167 Å². The Morgan fingerprint density at radius 2 is 1.69 bits per heavy atom. The number of H-pyrrole nitrogens is 1. The van der Waals surface area contributed by atoms with Crippen molar-refractivity contribution in [2.45, 2.75) is 0 Å². The van der Waals surface area contributed by atoms with Gasteiger partial charge in [0.15, 0.2) is 23.1 Å². The fraction of sp³-hybridized carbons (Fsp3) is 0.0952. The molecule has 0 saturated carbocycles. The summed E-state index contributed by atoms with van der Waals surface area (Å²) in [6.07, 6.45) is 4.98. The van der Waals surface area contributed by atoms with Gasteiger partial charge in [0.1, 0.15) is 5.82 Å². The number of benzene rings is 1. The van der Waals surface area contributed by atoms with Gasteiger partial charge in [0.25, 0.3) is 0 Å². The number of nitrogens with one attached hydrogen (secondary N) is 1. The Hall–Kier alpha value is -4.07. The number of aromatic nitrogens is 4. The van der Waals surface area contributed by atoms with Crippen molar-refractivity contribution >= 4 is 5.82 Å². The Morgan fingerprint density at radius 3 is 2.38 bits per heavy atom. The van der Waals surface area contributed by atoms with Gasteiger partial charge in [-0.25, -0.2) is 9.97 Å². The monoisotopic (exact) mass is 389 g/mol. The van der Waals surface area contributed by atoms with Gasteiger partial charge >= 0.3 is 0 Å². The number of anilines is 1. The predicted octanol–water partition coefficient (Wildman–Crippen LogP) is 3.51. The molecule has 8 heteroatoms. The van der Waals surface area contributed by atoms with Crippen LogP contribution in [0.25, 0.3) is 33.9 Å². The molecule has 0 bridgehead atoms. The molecule has 0 aliphatic heterocycles. The highest BCUT2D eigenvalue weighted by Gasteiger charge is 2.18. The molecule has 4 rings (SSSR count). The van der Waals surface area contributed by atoms with Gasteiger partial charge in [-0.3, -0.25) is 4.98 Å². The Kier molecular flexibility index (Phi) is 4.74. The maximum atomic E-state index is 10.0. The number of imidazole rings is 1. The molecule has 3 heterocycles. The highest BCUT2D eigenvalue weighted by Crippen LogP contribution is 2.37. The number of methoxy groups -OCH3 is 2. The minimum atomic E-state index is -0.0983. The minimum Gasteiger partial charge on any atom is -0.504 e. The van der Waals surface area contributed by atoms with Gasteiger partial charge in [-0.2, -0.15) is 0 Å². The molecule has 29 heavy (non-hydrogen) atoms. The van der Waals surface area contributed by atoms with Gasteiger partial charge in [-0.05, 0) is 36.4 Å². The fourth-order valence-electron chi connectivity index (χ4n) is 3.02. The number of hydrogen-bond donors (Lipinski definition) is 3. The molecule has 0 spiro atoms. The highest BCUT2D eigenvalue weighted by atomic mass is 16.5. The molecule has 0 atom stereocenters. The maximum Gasteiger partial charge on any atom is 0.165 e. The van der Waals surface area contributed by atoms with Crippen LogP contribution in [0.5, 0.6) is 17.2 Å². The number of ether oxygens (including phenoxy) is 2. The molecule has 0 fully saturated rings. The van der Waals surface area contributed by atoms with E-state index in [2.05, 4.69) is 15.0 Å². The van der Waals surface area contributed by atoms with E-state index in [1.807, 2.05) is 30.3 Å². The molecular weight excluding hydrogens is 370 g/mol. The first-order valence-corrected chi connectivity index (χ1v) is 8.78. The summed E-state index contributed by atoms with van der Waals surface area (Å²) in [5.74, 6) is 1.82. The van der Waals surface area contributed by atoms with E-state index in [9.17, 15) is 5.11 Å². The summed E-state index contributed by atoms with van der Waals surface area (Å²) in [6.45, 7) is 0. The van der Waals surface area contributed by atoms with Gasteiger partial charge in [0, 0.05) is 35.3 Å². The van der Waals surface area contributed by atoms with Gasteiger partial charge in [0.05, 0.1) is 25.6 Å². The van der Waals surface area contributed by atoms with Crippen molar-refractivity contribution in [3.63, 3.8) is 0 Å². The zero-order chi connectivity index (χ0) is 20.4. The molecule has 146 valence electrons. The van der Waals surface area contributed by atoms with Gasteiger partial charge < -0.3 is 25.3 Å². The second kappa shape index (κ2) is 7.51. The van der Waals surface area contributed by atoms with E-state index in [0.717, 1.165) is 16.8 Å². The summed E-state index contributed by atoms with van der Waals surface area (Å²) >= 11 is 0. The molecule has 0 amide bonds. The van der Waals surface area contributed by atoms with Crippen molar-refractivity contribution in [1.82, 2.24) is 19.9 Å². The molecule has 0 unspecified atom stereocenters. The van der Waals surface area contributed by atoms with Crippen molar-refractivity contribution < 1.29 is 14.6 Å². The Bertz CT molecular complexity index is 1160. The predicted molar refractivity (Wildman–Crippen MR) is 110 cm³/mol. The number of pyridine rings is 2. The zero-order valence-corrected chi connectivity index (χ0v) is 15.9. The average Bonchev–Trinajstić information content (AvgIpc) is 3.21. The summed E-state index contributed by atoms with van der Waals surface area (Å²) in [7, 11) is 3.17. The summed E-state index contributed by atoms with van der Waals surface area (Å²) in [5.41, 5.74) is 9.39. The SMILES string of the molecule is COc1ccc(-c2nc(-c3cnc(N)c(O)c3)c(-c3ccncc3)[nH]2)cc1OC. The summed E-state index contributed by atoms with van der Waals surface area (Å²) in [5, 5.41) is 10.0. The van der Waals surface area contributed by atoms with Crippen LogP contribution in [0.15, 0.2) is 55.0 Å². The van der Waals surface area contributed by atoms with Gasteiger partial charge in [-0.1, -0.05) is 0 Å². The lowest BCUT2D eigenvalue weighted by atomic mass is 10.1. The quantitative estimate of drug-likeness (QED) is 0.478. The first-order valence-electron chi connectivity index (χ1n) is 8.78. The van der Waals surface area contributed by atoms with E-state index in [-0.39, 0.29) is 11.6 Å². The first-order chi connectivity index (χ1) is 14.1. The van der Waals surface area contributed by atoms with E-state index in [1.54, 1.807) is 38.9 Å². The number of nitrogens with two attached hydrogens (primary N) is 1. The molecule has 0 aliphatic rings. The minimum absolute atomic E-state index is 0.0647. The van der Waals surface area contributed by atoms with E-state index < -0.39 is 0 Å². The maximum absolute atomic E-state index is 10.0. The normalized spacial score (nSPS) is 10.7. The van der Waals surface area contributed by atoms with Crippen LogP contribution in [-0.2, 0) is 0 Å². The topological polar surface area (TPSA) is 119 Å². The van der Waals surface area contributed by atoms with Crippen molar-refractivity contribution in [2.75, 3.05) is 20.0 Å². The third-order valence-electron chi connectivity index (χ3n) is 4.50. The molecule has 4 aromatic rings. The van der Waals surface area contributed by atoms with Gasteiger partial charge in [-0.15, -0.1) is 0 Å². The van der Waals surface area contributed by atoms with Crippen LogP contribution < -0.4 is 15.2 Å². The molecule has 1 aromatic carbocycles. The molecular formula is C21H19N5O3. The van der Waals surface area contributed by atoms with E-state index >= 15 is 0 Å². The standard InChI is InChI=1S/C21H19N5O3/c1-28-16-4-3-13(10-17(16)29-2)21-25-18(12-5-7-23-8-6-12)19(26-21)14-9-15(27)20(22)24-11-14/h3-11,27H,1-2H3,(H2,22,24)(H,25,26). The van der Waals surface area contributed by atoms with Crippen LogP contribution in [0.1, 0.15) is 0 Å². The van der Waals surface area contributed by atoms with Crippen molar-refractivity contribution in [3.05, 3.63) is 55.0 Å². The van der Waals surface area contributed by atoms with Crippen LogP contribution in [0, 0.1) is 0 Å². The summed E-state index contributed by atoms with van der Waals surface area (Å²) in [6, 6.07) is 10.8. The number of nitrogens with zero attached hydrogens (tertiary/aromatic N) is 3. The first kappa shape index (κ1) is 18.3.